The molecule has 1 saturated heterocycles. The number of alkyl halides is 1. The summed E-state index contributed by atoms with van der Waals surface area (Å²) in [6.07, 6.45) is 4.46. The summed E-state index contributed by atoms with van der Waals surface area (Å²) in [7, 11) is 0. The third kappa shape index (κ3) is 3.60. The van der Waals surface area contributed by atoms with Gasteiger partial charge in [-0.15, -0.1) is 0 Å². The standard InChI is InChI=1S/C14H20BrNO3/c1-2-13-12(5-9-19-13)14(17)16-7-3-11(4-8-16)18-10-6-15/h5,9,11H,2-4,6-8,10H2,1H3. The van der Waals surface area contributed by atoms with Gasteiger partial charge < -0.3 is 14.1 Å². The highest BCUT2D eigenvalue weighted by Crippen LogP contribution is 2.19. The summed E-state index contributed by atoms with van der Waals surface area (Å²) in [6, 6.07) is 1.77. The maximum atomic E-state index is 12.4. The smallest absolute Gasteiger partial charge is 0.257 e. The Morgan fingerprint density at radius 3 is 2.89 bits per heavy atom. The number of ether oxygens (including phenoxy) is 1. The first-order valence-electron chi connectivity index (χ1n) is 6.79. The molecule has 106 valence electrons. The highest BCUT2D eigenvalue weighted by Gasteiger charge is 2.25. The number of carbonyl (C=O) groups is 1. The zero-order valence-corrected chi connectivity index (χ0v) is 12.8. The van der Waals surface area contributed by atoms with Crippen LogP contribution in [0.1, 0.15) is 35.9 Å². The summed E-state index contributed by atoms with van der Waals surface area (Å²) in [4.78, 5) is 14.3. The molecule has 0 atom stereocenters. The maximum absolute atomic E-state index is 12.4. The van der Waals surface area contributed by atoms with E-state index in [1.807, 2.05) is 11.8 Å². The van der Waals surface area contributed by atoms with E-state index in [9.17, 15) is 4.79 Å². The topological polar surface area (TPSA) is 42.7 Å². The molecule has 1 aliphatic heterocycles. The van der Waals surface area contributed by atoms with E-state index < -0.39 is 0 Å². The van der Waals surface area contributed by atoms with Crippen molar-refractivity contribution < 1.29 is 13.9 Å². The van der Waals surface area contributed by atoms with Crippen LogP contribution in [0.15, 0.2) is 16.7 Å². The first-order chi connectivity index (χ1) is 9.26. The minimum absolute atomic E-state index is 0.0875. The monoisotopic (exact) mass is 329 g/mol. The highest BCUT2D eigenvalue weighted by atomic mass is 79.9. The van der Waals surface area contributed by atoms with E-state index in [0.29, 0.717) is 5.56 Å². The Kier molecular flexibility index (Phi) is 5.45. The van der Waals surface area contributed by atoms with Gasteiger partial charge in [0.1, 0.15) is 5.76 Å². The summed E-state index contributed by atoms with van der Waals surface area (Å²) in [5.74, 6) is 0.868. The van der Waals surface area contributed by atoms with Crippen molar-refractivity contribution in [3.8, 4) is 0 Å². The van der Waals surface area contributed by atoms with Crippen LogP contribution in [-0.4, -0.2) is 41.9 Å². The SMILES string of the molecule is CCc1occc1C(=O)N1CCC(OCCBr)CC1. The number of furan rings is 1. The van der Waals surface area contributed by atoms with Gasteiger partial charge in [0, 0.05) is 24.8 Å². The number of hydrogen-bond acceptors (Lipinski definition) is 3. The van der Waals surface area contributed by atoms with E-state index in [2.05, 4.69) is 15.9 Å². The first-order valence-corrected chi connectivity index (χ1v) is 7.91. The third-order valence-electron chi connectivity index (χ3n) is 3.46. The lowest BCUT2D eigenvalue weighted by Crippen LogP contribution is -2.41. The van der Waals surface area contributed by atoms with Gasteiger partial charge in [-0.2, -0.15) is 0 Å². The highest BCUT2D eigenvalue weighted by molar-refractivity contribution is 9.09. The molecular formula is C14H20BrNO3. The lowest BCUT2D eigenvalue weighted by atomic mass is 10.1. The summed E-state index contributed by atoms with van der Waals surface area (Å²) in [5.41, 5.74) is 0.710. The normalized spacial score (nSPS) is 16.8. The Bertz CT molecular complexity index is 411. The van der Waals surface area contributed by atoms with E-state index in [1.165, 1.54) is 0 Å². The van der Waals surface area contributed by atoms with Gasteiger partial charge >= 0.3 is 0 Å². The van der Waals surface area contributed by atoms with Crippen molar-refractivity contribution in [2.45, 2.75) is 32.3 Å². The molecule has 1 aliphatic rings. The third-order valence-corrected chi connectivity index (χ3v) is 3.78. The Balaban J connectivity index is 1.89. The van der Waals surface area contributed by atoms with Crippen LogP contribution in [-0.2, 0) is 11.2 Å². The molecule has 0 aliphatic carbocycles. The molecule has 19 heavy (non-hydrogen) atoms. The minimum atomic E-state index is 0.0875. The van der Waals surface area contributed by atoms with Crippen molar-refractivity contribution in [1.82, 2.24) is 4.90 Å². The molecule has 5 heteroatoms. The molecule has 0 bridgehead atoms. The molecule has 2 rings (SSSR count). The van der Waals surface area contributed by atoms with Gasteiger partial charge in [-0.3, -0.25) is 4.79 Å². The molecule has 1 amide bonds. The van der Waals surface area contributed by atoms with Crippen LogP contribution < -0.4 is 0 Å². The number of aryl methyl sites for hydroxylation is 1. The van der Waals surface area contributed by atoms with Crippen molar-refractivity contribution >= 4 is 21.8 Å². The van der Waals surface area contributed by atoms with Crippen LogP contribution in [0.3, 0.4) is 0 Å². The molecule has 0 N–H and O–H groups in total. The van der Waals surface area contributed by atoms with Gasteiger partial charge in [-0.1, -0.05) is 22.9 Å². The molecule has 0 unspecified atom stereocenters. The van der Waals surface area contributed by atoms with Gasteiger partial charge in [0.05, 0.1) is 24.5 Å². The molecule has 0 saturated carbocycles. The van der Waals surface area contributed by atoms with E-state index in [0.717, 1.165) is 50.0 Å². The van der Waals surface area contributed by atoms with Gasteiger partial charge in [0.2, 0.25) is 0 Å². The second-order valence-electron chi connectivity index (χ2n) is 4.66. The fourth-order valence-electron chi connectivity index (χ4n) is 2.41. The number of amides is 1. The summed E-state index contributed by atoms with van der Waals surface area (Å²) < 4.78 is 11.0. The van der Waals surface area contributed by atoms with E-state index >= 15 is 0 Å². The van der Waals surface area contributed by atoms with Crippen molar-refractivity contribution in [1.29, 1.82) is 0 Å². The molecule has 4 nitrogen and oxygen atoms in total. The Hall–Kier alpha value is -0.810. The average Bonchev–Trinajstić information content (AvgIpc) is 2.93. The summed E-state index contributed by atoms with van der Waals surface area (Å²) in [5, 5.41) is 0.862. The van der Waals surface area contributed by atoms with Crippen molar-refractivity contribution in [3.05, 3.63) is 23.7 Å². The average molecular weight is 330 g/mol. The number of halogens is 1. The quantitative estimate of drug-likeness (QED) is 0.780. The van der Waals surface area contributed by atoms with Crippen molar-refractivity contribution in [3.63, 3.8) is 0 Å². The summed E-state index contributed by atoms with van der Waals surface area (Å²) in [6.45, 7) is 4.26. The minimum Gasteiger partial charge on any atom is -0.469 e. The van der Waals surface area contributed by atoms with Crippen LogP contribution in [0.25, 0.3) is 0 Å². The van der Waals surface area contributed by atoms with Crippen molar-refractivity contribution in [2.24, 2.45) is 0 Å². The van der Waals surface area contributed by atoms with E-state index in [1.54, 1.807) is 12.3 Å². The molecule has 0 spiro atoms. The maximum Gasteiger partial charge on any atom is 0.257 e. The molecule has 1 fully saturated rings. The second-order valence-corrected chi connectivity index (χ2v) is 5.46. The first kappa shape index (κ1) is 14.6. The number of nitrogens with zero attached hydrogens (tertiary/aromatic N) is 1. The Labute approximate surface area is 122 Å². The van der Waals surface area contributed by atoms with Crippen LogP contribution in [0.2, 0.25) is 0 Å². The Morgan fingerprint density at radius 2 is 2.26 bits per heavy atom. The van der Waals surface area contributed by atoms with Crippen LogP contribution in [0.4, 0.5) is 0 Å². The summed E-state index contributed by atoms with van der Waals surface area (Å²) >= 11 is 3.35. The predicted octanol–water partition coefficient (Wildman–Crippen LogP) is 2.86. The van der Waals surface area contributed by atoms with Crippen LogP contribution in [0, 0.1) is 0 Å². The number of rotatable bonds is 5. The molecule has 0 radical (unpaired) electrons. The molecular weight excluding hydrogens is 310 g/mol. The molecule has 2 heterocycles. The van der Waals surface area contributed by atoms with Crippen LogP contribution in [0.5, 0.6) is 0 Å². The molecule has 1 aromatic rings. The predicted molar refractivity (Wildman–Crippen MR) is 76.8 cm³/mol. The lowest BCUT2D eigenvalue weighted by molar-refractivity contribution is 0.0159. The van der Waals surface area contributed by atoms with Gasteiger partial charge in [0.25, 0.3) is 5.91 Å². The zero-order chi connectivity index (χ0) is 13.7. The number of piperidine rings is 1. The number of hydrogen-bond donors (Lipinski definition) is 0. The van der Waals surface area contributed by atoms with Gasteiger partial charge in [-0.05, 0) is 18.9 Å². The Morgan fingerprint density at radius 1 is 1.53 bits per heavy atom. The lowest BCUT2D eigenvalue weighted by Gasteiger charge is -2.31. The number of carbonyl (C=O) groups excluding carboxylic acids is 1. The molecule has 0 aromatic carbocycles. The second kappa shape index (κ2) is 7.10. The fraction of sp³-hybridized carbons (Fsp3) is 0.643. The van der Waals surface area contributed by atoms with Crippen LogP contribution >= 0.6 is 15.9 Å². The van der Waals surface area contributed by atoms with Gasteiger partial charge in [-0.25, -0.2) is 0 Å². The largest absolute Gasteiger partial charge is 0.469 e. The number of likely N-dealkylation sites (tertiary alicyclic amines) is 1. The van der Waals surface area contributed by atoms with E-state index in [-0.39, 0.29) is 12.0 Å². The van der Waals surface area contributed by atoms with Gasteiger partial charge in [0.15, 0.2) is 0 Å². The fourth-order valence-corrected chi connectivity index (χ4v) is 2.60. The van der Waals surface area contributed by atoms with E-state index in [4.69, 9.17) is 9.15 Å². The zero-order valence-electron chi connectivity index (χ0n) is 11.2. The molecule has 1 aromatic heterocycles. The van der Waals surface area contributed by atoms with Crippen molar-refractivity contribution in [2.75, 3.05) is 25.0 Å².